The van der Waals surface area contributed by atoms with E-state index < -0.39 is 16.4 Å². The van der Waals surface area contributed by atoms with Crippen molar-refractivity contribution in [3.63, 3.8) is 0 Å². The zero-order chi connectivity index (χ0) is 25.9. The number of non-ortho nitro benzene ring substituents is 1. The van der Waals surface area contributed by atoms with Gasteiger partial charge < -0.3 is 19.9 Å². The Bertz CT molecular complexity index is 1240. The SMILES string of the molecule is CC(C)(C)OC(=O)N1CCN(c2ccc(NC(=O)c3ccn(-c4ccc([N+](=O)[O-])cc4)n3)nc2)CC1. The molecule has 188 valence electrons. The van der Waals surface area contributed by atoms with Crippen molar-refractivity contribution in [1.82, 2.24) is 19.7 Å². The van der Waals surface area contributed by atoms with Crippen LogP contribution in [0.1, 0.15) is 31.3 Å². The van der Waals surface area contributed by atoms with Crippen LogP contribution in [0.25, 0.3) is 5.69 Å². The smallest absolute Gasteiger partial charge is 0.410 e. The Kier molecular flexibility index (Phi) is 6.86. The predicted octanol–water partition coefficient (Wildman–Crippen LogP) is 3.48. The molecule has 12 heteroatoms. The summed E-state index contributed by atoms with van der Waals surface area (Å²) >= 11 is 0. The number of pyridine rings is 1. The quantitative estimate of drug-likeness (QED) is 0.421. The number of hydrogen-bond donors (Lipinski definition) is 1. The van der Waals surface area contributed by atoms with Gasteiger partial charge in [-0.25, -0.2) is 14.5 Å². The number of anilines is 2. The Labute approximate surface area is 207 Å². The first kappa shape index (κ1) is 24.6. The second-order valence-corrected chi connectivity index (χ2v) is 9.23. The summed E-state index contributed by atoms with van der Waals surface area (Å²) in [6, 6.07) is 11.0. The first-order valence-corrected chi connectivity index (χ1v) is 11.4. The van der Waals surface area contributed by atoms with Crippen LogP contribution in [-0.2, 0) is 4.74 Å². The fourth-order valence-electron chi connectivity index (χ4n) is 3.62. The first-order chi connectivity index (χ1) is 17.1. The fraction of sp³-hybridized carbons (Fsp3) is 0.333. The highest BCUT2D eigenvalue weighted by Gasteiger charge is 2.26. The Morgan fingerprint density at radius 3 is 2.25 bits per heavy atom. The molecular formula is C24H27N7O5. The Hall–Kier alpha value is -4.48. The lowest BCUT2D eigenvalue weighted by atomic mass is 10.2. The molecular weight excluding hydrogens is 466 g/mol. The van der Waals surface area contributed by atoms with Crippen molar-refractivity contribution >= 4 is 29.2 Å². The standard InChI is InChI=1S/C24H27N7O5/c1-24(2,3)36-23(33)29-14-12-28(13-15-29)19-8-9-21(25-16-19)26-22(32)20-10-11-30(27-20)17-4-6-18(7-5-17)31(34)35/h4-11,16H,12-15H2,1-3H3,(H,25,26,32). The number of amides is 2. The van der Waals surface area contributed by atoms with Gasteiger partial charge in [-0.05, 0) is 51.1 Å². The predicted molar refractivity (Wildman–Crippen MR) is 132 cm³/mol. The molecule has 1 aliphatic heterocycles. The van der Waals surface area contributed by atoms with E-state index in [2.05, 4.69) is 20.3 Å². The highest BCUT2D eigenvalue weighted by atomic mass is 16.6. The molecule has 0 bridgehead atoms. The summed E-state index contributed by atoms with van der Waals surface area (Å²) in [4.78, 5) is 43.3. The van der Waals surface area contributed by atoms with E-state index in [1.807, 2.05) is 26.8 Å². The number of nitro benzene ring substituents is 1. The molecule has 4 rings (SSSR count). The van der Waals surface area contributed by atoms with E-state index in [9.17, 15) is 19.7 Å². The third-order valence-electron chi connectivity index (χ3n) is 5.43. The van der Waals surface area contributed by atoms with Gasteiger partial charge in [-0.1, -0.05) is 0 Å². The number of piperazine rings is 1. The summed E-state index contributed by atoms with van der Waals surface area (Å²) < 4.78 is 6.90. The lowest BCUT2D eigenvalue weighted by molar-refractivity contribution is -0.384. The molecule has 0 atom stereocenters. The van der Waals surface area contributed by atoms with E-state index in [1.165, 1.54) is 16.8 Å². The minimum atomic E-state index is -0.527. The molecule has 1 aromatic carbocycles. The molecule has 0 spiro atoms. The zero-order valence-electron chi connectivity index (χ0n) is 20.2. The average Bonchev–Trinajstić information content (AvgIpc) is 3.34. The second kappa shape index (κ2) is 10.0. The van der Waals surface area contributed by atoms with Crippen molar-refractivity contribution in [2.24, 2.45) is 0 Å². The van der Waals surface area contributed by atoms with E-state index in [-0.39, 0.29) is 17.5 Å². The minimum Gasteiger partial charge on any atom is -0.444 e. The molecule has 3 heterocycles. The van der Waals surface area contributed by atoms with Crippen molar-refractivity contribution in [3.05, 3.63) is 70.7 Å². The Morgan fingerprint density at radius 2 is 1.67 bits per heavy atom. The summed E-state index contributed by atoms with van der Waals surface area (Å²) in [5.41, 5.74) is 1.11. The number of carbonyl (C=O) groups excluding carboxylic acids is 2. The topological polar surface area (TPSA) is 136 Å². The number of nitrogens with one attached hydrogen (secondary N) is 1. The van der Waals surface area contributed by atoms with Gasteiger partial charge in [0.2, 0.25) is 0 Å². The number of aromatic nitrogens is 3. The first-order valence-electron chi connectivity index (χ1n) is 11.4. The van der Waals surface area contributed by atoms with Crippen LogP contribution in [-0.4, -0.2) is 68.4 Å². The van der Waals surface area contributed by atoms with Gasteiger partial charge in [0.15, 0.2) is 5.69 Å². The van der Waals surface area contributed by atoms with Gasteiger partial charge in [0.25, 0.3) is 11.6 Å². The molecule has 0 radical (unpaired) electrons. The summed E-state index contributed by atoms with van der Waals surface area (Å²) in [5.74, 6) is -0.0529. The largest absolute Gasteiger partial charge is 0.444 e. The van der Waals surface area contributed by atoms with E-state index in [4.69, 9.17) is 4.74 Å². The lowest BCUT2D eigenvalue weighted by Crippen LogP contribution is -2.50. The van der Waals surface area contributed by atoms with Gasteiger partial charge in [-0.2, -0.15) is 5.10 Å². The van der Waals surface area contributed by atoms with Gasteiger partial charge >= 0.3 is 6.09 Å². The summed E-state index contributed by atoms with van der Waals surface area (Å²) in [5, 5.41) is 17.8. The van der Waals surface area contributed by atoms with Gasteiger partial charge in [0, 0.05) is 44.5 Å². The van der Waals surface area contributed by atoms with Crippen LogP contribution in [0.15, 0.2) is 54.9 Å². The number of nitrogens with zero attached hydrogens (tertiary/aromatic N) is 6. The van der Waals surface area contributed by atoms with Gasteiger partial charge in [-0.15, -0.1) is 0 Å². The Balaban J connectivity index is 1.32. The fourth-order valence-corrected chi connectivity index (χ4v) is 3.62. The molecule has 0 saturated carbocycles. The normalized spacial score (nSPS) is 13.9. The van der Waals surface area contributed by atoms with Gasteiger partial charge in [0.1, 0.15) is 11.4 Å². The molecule has 1 saturated heterocycles. The maximum absolute atomic E-state index is 12.6. The van der Waals surface area contributed by atoms with Crippen LogP contribution in [0.2, 0.25) is 0 Å². The maximum atomic E-state index is 12.6. The summed E-state index contributed by atoms with van der Waals surface area (Å²) in [7, 11) is 0. The van der Waals surface area contributed by atoms with Crippen molar-refractivity contribution in [2.75, 3.05) is 36.4 Å². The molecule has 2 amide bonds. The highest BCUT2D eigenvalue weighted by Crippen LogP contribution is 2.19. The van der Waals surface area contributed by atoms with Crippen molar-refractivity contribution in [1.29, 1.82) is 0 Å². The highest BCUT2D eigenvalue weighted by molar-refractivity contribution is 6.02. The molecule has 1 fully saturated rings. The molecule has 0 unspecified atom stereocenters. The second-order valence-electron chi connectivity index (χ2n) is 9.23. The molecule has 12 nitrogen and oxygen atoms in total. The lowest BCUT2D eigenvalue weighted by Gasteiger charge is -2.36. The van der Waals surface area contributed by atoms with E-state index in [1.54, 1.807) is 41.6 Å². The number of nitro groups is 1. The summed E-state index contributed by atoms with van der Waals surface area (Å²) in [6.45, 7) is 7.92. The summed E-state index contributed by atoms with van der Waals surface area (Å²) in [6.07, 6.45) is 2.96. The van der Waals surface area contributed by atoms with Crippen molar-refractivity contribution < 1.29 is 19.2 Å². The molecule has 2 aromatic heterocycles. The van der Waals surface area contributed by atoms with Crippen molar-refractivity contribution in [2.45, 2.75) is 26.4 Å². The van der Waals surface area contributed by atoms with Gasteiger partial charge in [-0.3, -0.25) is 14.9 Å². The van der Waals surface area contributed by atoms with E-state index >= 15 is 0 Å². The molecule has 36 heavy (non-hydrogen) atoms. The molecule has 1 N–H and O–H groups in total. The third-order valence-corrected chi connectivity index (χ3v) is 5.43. The van der Waals surface area contributed by atoms with Crippen LogP contribution in [0.4, 0.5) is 22.0 Å². The zero-order valence-corrected chi connectivity index (χ0v) is 20.2. The molecule has 1 aliphatic rings. The van der Waals surface area contributed by atoms with Crippen LogP contribution < -0.4 is 10.2 Å². The number of carbonyl (C=O) groups is 2. The monoisotopic (exact) mass is 493 g/mol. The maximum Gasteiger partial charge on any atom is 0.410 e. The van der Waals surface area contributed by atoms with Gasteiger partial charge in [0.05, 0.1) is 22.5 Å². The van der Waals surface area contributed by atoms with Crippen LogP contribution in [0.5, 0.6) is 0 Å². The van der Waals surface area contributed by atoms with Crippen LogP contribution in [0.3, 0.4) is 0 Å². The van der Waals surface area contributed by atoms with Crippen molar-refractivity contribution in [3.8, 4) is 5.69 Å². The van der Waals surface area contributed by atoms with E-state index in [0.717, 1.165) is 5.69 Å². The number of rotatable bonds is 5. The minimum absolute atomic E-state index is 0.0247. The number of benzene rings is 1. The number of ether oxygens (including phenoxy) is 1. The molecule has 0 aliphatic carbocycles. The molecule has 3 aromatic rings. The third kappa shape index (κ3) is 5.95. The van der Waals surface area contributed by atoms with Crippen LogP contribution in [0, 0.1) is 10.1 Å². The van der Waals surface area contributed by atoms with Crippen LogP contribution >= 0.6 is 0 Å². The Morgan fingerprint density at radius 1 is 1.00 bits per heavy atom. The van der Waals surface area contributed by atoms with E-state index in [0.29, 0.717) is 37.7 Å². The number of hydrogen-bond acceptors (Lipinski definition) is 8. The average molecular weight is 494 g/mol.